The molecular formula is C20H25NO3S. The summed E-state index contributed by atoms with van der Waals surface area (Å²) in [7, 11) is -3.64. The number of aryl methyl sites for hydroxylation is 1. The highest BCUT2D eigenvalue weighted by Crippen LogP contribution is 2.35. The molecule has 5 heteroatoms. The molecule has 0 spiro atoms. The van der Waals surface area contributed by atoms with Crippen molar-refractivity contribution in [2.75, 3.05) is 4.72 Å². The molecule has 4 nitrogen and oxygen atoms in total. The van der Waals surface area contributed by atoms with Gasteiger partial charge in [-0.1, -0.05) is 32.0 Å². The van der Waals surface area contributed by atoms with Gasteiger partial charge in [0.15, 0.2) is 0 Å². The summed E-state index contributed by atoms with van der Waals surface area (Å²) < 4.78 is 34.4. The second-order valence-electron chi connectivity index (χ2n) is 7.48. The molecule has 2 aromatic rings. The number of rotatable bonds is 4. The molecule has 1 aliphatic rings. The maximum atomic E-state index is 12.8. The van der Waals surface area contributed by atoms with Crippen molar-refractivity contribution in [1.82, 2.24) is 0 Å². The minimum atomic E-state index is -3.64. The Labute approximate surface area is 150 Å². The van der Waals surface area contributed by atoms with E-state index in [1.165, 1.54) is 0 Å². The number of benzene rings is 2. The van der Waals surface area contributed by atoms with Gasteiger partial charge >= 0.3 is 0 Å². The molecular weight excluding hydrogens is 334 g/mol. The van der Waals surface area contributed by atoms with E-state index in [-0.39, 0.29) is 16.4 Å². The molecule has 0 saturated heterocycles. The summed E-state index contributed by atoms with van der Waals surface area (Å²) in [6.45, 7) is 8.19. The van der Waals surface area contributed by atoms with Crippen LogP contribution in [0.15, 0.2) is 47.4 Å². The Hall–Kier alpha value is -2.01. The van der Waals surface area contributed by atoms with Gasteiger partial charge in [0, 0.05) is 0 Å². The van der Waals surface area contributed by atoms with Gasteiger partial charge < -0.3 is 4.74 Å². The van der Waals surface area contributed by atoms with Gasteiger partial charge in [-0.15, -0.1) is 0 Å². The number of nitrogens with one attached hydrogen (secondary N) is 1. The summed E-state index contributed by atoms with van der Waals surface area (Å²) in [5, 5.41) is 0. The van der Waals surface area contributed by atoms with Gasteiger partial charge in [0.1, 0.15) is 11.4 Å². The van der Waals surface area contributed by atoms with Crippen molar-refractivity contribution in [1.29, 1.82) is 0 Å². The lowest BCUT2D eigenvalue weighted by molar-refractivity contribution is 0.0845. The van der Waals surface area contributed by atoms with Gasteiger partial charge in [0.05, 0.1) is 10.6 Å². The van der Waals surface area contributed by atoms with Crippen LogP contribution >= 0.6 is 0 Å². The SMILES string of the molecule is CC(C)c1ccccc1NS(=O)(=O)c1ccc2c(c1)CCC(C)(C)O2. The number of anilines is 1. The largest absolute Gasteiger partial charge is 0.488 e. The van der Waals surface area contributed by atoms with Crippen molar-refractivity contribution in [3.63, 3.8) is 0 Å². The molecule has 25 heavy (non-hydrogen) atoms. The monoisotopic (exact) mass is 359 g/mol. The lowest BCUT2D eigenvalue weighted by Crippen LogP contribution is -2.32. The number of hydrogen-bond acceptors (Lipinski definition) is 3. The maximum absolute atomic E-state index is 12.8. The topological polar surface area (TPSA) is 55.4 Å². The highest BCUT2D eigenvalue weighted by molar-refractivity contribution is 7.92. The Kier molecular flexibility index (Phi) is 4.54. The first-order valence-corrected chi connectivity index (χ1v) is 10.1. The lowest BCUT2D eigenvalue weighted by atomic mass is 9.94. The normalized spacial score (nSPS) is 16.2. The molecule has 0 fully saturated rings. The number of ether oxygens (including phenoxy) is 1. The number of sulfonamides is 1. The van der Waals surface area contributed by atoms with Gasteiger partial charge in [0.25, 0.3) is 10.0 Å². The zero-order chi connectivity index (χ0) is 18.2. The van der Waals surface area contributed by atoms with E-state index in [1.54, 1.807) is 24.3 Å². The highest BCUT2D eigenvalue weighted by atomic mass is 32.2. The van der Waals surface area contributed by atoms with Gasteiger partial charge in [-0.25, -0.2) is 8.42 Å². The predicted molar refractivity (Wildman–Crippen MR) is 101 cm³/mol. The molecule has 0 unspecified atom stereocenters. The molecule has 0 radical (unpaired) electrons. The van der Waals surface area contributed by atoms with Crippen LogP contribution in [0.5, 0.6) is 5.75 Å². The first kappa shape index (κ1) is 17.8. The van der Waals surface area contributed by atoms with Crippen molar-refractivity contribution < 1.29 is 13.2 Å². The third kappa shape index (κ3) is 3.82. The molecule has 134 valence electrons. The fourth-order valence-corrected chi connectivity index (χ4v) is 4.24. The van der Waals surface area contributed by atoms with Gasteiger partial charge in [0.2, 0.25) is 0 Å². The molecule has 0 aliphatic carbocycles. The maximum Gasteiger partial charge on any atom is 0.261 e. The van der Waals surface area contributed by atoms with E-state index in [0.29, 0.717) is 5.69 Å². The Morgan fingerprint density at radius 1 is 1.12 bits per heavy atom. The zero-order valence-corrected chi connectivity index (χ0v) is 16.0. The van der Waals surface area contributed by atoms with Crippen molar-refractivity contribution in [2.24, 2.45) is 0 Å². The first-order valence-electron chi connectivity index (χ1n) is 8.62. The summed E-state index contributed by atoms with van der Waals surface area (Å²) in [6.07, 6.45) is 1.68. The van der Waals surface area contributed by atoms with Crippen LogP contribution in [0.2, 0.25) is 0 Å². The van der Waals surface area contributed by atoms with E-state index in [1.807, 2.05) is 45.9 Å². The van der Waals surface area contributed by atoms with E-state index in [4.69, 9.17) is 4.74 Å². The van der Waals surface area contributed by atoms with Crippen LogP contribution < -0.4 is 9.46 Å². The van der Waals surface area contributed by atoms with E-state index < -0.39 is 10.0 Å². The van der Waals surface area contributed by atoms with Crippen molar-refractivity contribution in [2.45, 2.75) is 57.0 Å². The van der Waals surface area contributed by atoms with E-state index >= 15 is 0 Å². The minimum absolute atomic E-state index is 0.207. The fourth-order valence-electron chi connectivity index (χ4n) is 3.10. The Morgan fingerprint density at radius 2 is 1.84 bits per heavy atom. The van der Waals surface area contributed by atoms with E-state index in [9.17, 15) is 8.42 Å². The molecule has 0 amide bonds. The van der Waals surface area contributed by atoms with Gasteiger partial charge in [-0.3, -0.25) is 4.72 Å². The van der Waals surface area contributed by atoms with E-state index in [0.717, 1.165) is 29.7 Å². The molecule has 1 heterocycles. The van der Waals surface area contributed by atoms with Crippen LogP contribution in [0.4, 0.5) is 5.69 Å². The fraction of sp³-hybridized carbons (Fsp3) is 0.400. The molecule has 0 atom stereocenters. The van der Waals surface area contributed by atoms with Crippen LogP contribution in [-0.2, 0) is 16.4 Å². The Balaban J connectivity index is 1.92. The van der Waals surface area contributed by atoms with Crippen molar-refractivity contribution in [3.05, 3.63) is 53.6 Å². The van der Waals surface area contributed by atoms with Gasteiger partial charge in [-0.05, 0) is 68.0 Å². The van der Waals surface area contributed by atoms with Crippen molar-refractivity contribution >= 4 is 15.7 Å². The second-order valence-corrected chi connectivity index (χ2v) is 9.16. The average molecular weight is 359 g/mol. The summed E-state index contributed by atoms with van der Waals surface area (Å²) in [4.78, 5) is 0.271. The first-order chi connectivity index (χ1) is 11.7. The van der Waals surface area contributed by atoms with Crippen LogP contribution in [0.1, 0.15) is 51.2 Å². The van der Waals surface area contributed by atoms with Crippen LogP contribution in [0.25, 0.3) is 0 Å². The predicted octanol–water partition coefficient (Wildman–Crippen LogP) is 4.71. The molecule has 1 N–H and O–H groups in total. The average Bonchev–Trinajstić information content (AvgIpc) is 2.53. The summed E-state index contributed by atoms with van der Waals surface area (Å²) >= 11 is 0. The van der Waals surface area contributed by atoms with E-state index in [2.05, 4.69) is 4.72 Å². The third-order valence-electron chi connectivity index (χ3n) is 4.55. The molecule has 3 rings (SSSR count). The second kappa shape index (κ2) is 6.37. The molecule has 0 bridgehead atoms. The number of hydrogen-bond donors (Lipinski definition) is 1. The summed E-state index contributed by atoms with van der Waals surface area (Å²) in [5.41, 5.74) is 2.35. The molecule has 0 aromatic heterocycles. The van der Waals surface area contributed by atoms with Crippen LogP contribution in [0.3, 0.4) is 0 Å². The summed E-state index contributed by atoms with van der Waals surface area (Å²) in [6, 6.07) is 12.6. The number of fused-ring (bicyclic) bond motifs is 1. The molecule has 1 aliphatic heterocycles. The third-order valence-corrected chi connectivity index (χ3v) is 5.92. The van der Waals surface area contributed by atoms with Gasteiger partial charge in [-0.2, -0.15) is 0 Å². The van der Waals surface area contributed by atoms with Crippen LogP contribution in [0, 0.1) is 0 Å². The molecule has 0 saturated carbocycles. The van der Waals surface area contributed by atoms with Crippen LogP contribution in [-0.4, -0.2) is 14.0 Å². The van der Waals surface area contributed by atoms with Crippen molar-refractivity contribution in [3.8, 4) is 5.75 Å². The smallest absolute Gasteiger partial charge is 0.261 e. The molecule has 2 aromatic carbocycles. The minimum Gasteiger partial charge on any atom is -0.488 e. The summed E-state index contributed by atoms with van der Waals surface area (Å²) in [5.74, 6) is 1.01. The quantitative estimate of drug-likeness (QED) is 0.860. The Morgan fingerprint density at radius 3 is 2.56 bits per heavy atom. The lowest BCUT2D eigenvalue weighted by Gasteiger charge is -2.32. The highest BCUT2D eigenvalue weighted by Gasteiger charge is 2.28. The standard InChI is InChI=1S/C20H25NO3S/c1-14(2)17-7-5-6-8-18(17)21-25(22,23)16-9-10-19-15(13-16)11-12-20(3,4)24-19/h5-10,13-14,21H,11-12H2,1-4H3. The Bertz CT molecular complexity index is 886. The number of para-hydroxylation sites is 1. The zero-order valence-electron chi connectivity index (χ0n) is 15.2.